The van der Waals surface area contributed by atoms with Gasteiger partial charge < -0.3 is 10.0 Å². The summed E-state index contributed by atoms with van der Waals surface area (Å²) >= 11 is 0. The topological polar surface area (TPSA) is 60.9 Å². The molecule has 1 N–H and O–H groups in total. The molecule has 2 unspecified atom stereocenters. The van der Waals surface area contributed by atoms with E-state index in [2.05, 4.69) is 0 Å². The lowest BCUT2D eigenvalue weighted by Gasteiger charge is -2.35. The molecule has 5 heteroatoms. The van der Waals surface area contributed by atoms with Gasteiger partial charge in [-0.15, -0.1) is 0 Å². The maximum atomic E-state index is 12.1. The quantitative estimate of drug-likeness (QED) is 0.776. The zero-order chi connectivity index (χ0) is 14.4. The summed E-state index contributed by atoms with van der Waals surface area (Å²) in [5, 5.41) is 9.18. The molecule has 1 fully saturated rings. The first-order chi connectivity index (χ1) is 8.99. The standard InChI is InChI=1S/C14H24N2O3/c1-4-15(5-2)9-8-13(17)12-7-6-11(3)10-16(12)14(18)19/h8-9,11-12H,4-7,10H2,1-3H3,(H,18,19). The molecule has 0 aromatic heterocycles. The normalized spacial score (nSPS) is 23.6. The lowest BCUT2D eigenvalue weighted by Crippen LogP contribution is -2.49. The van der Waals surface area contributed by atoms with Crippen molar-refractivity contribution in [3.05, 3.63) is 12.3 Å². The van der Waals surface area contributed by atoms with E-state index in [0.717, 1.165) is 19.5 Å². The number of carbonyl (C=O) groups excluding carboxylic acids is 1. The van der Waals surface area contributed by atoms with Gasteiger partial charge >= 0.3 is 6.09 Å². The molecule has 0 radical (unpaired) electrons. The summed E-state index contributed by atoms with van der Waals surface area (Å²) in [6.45, 7) is 8.18. The molecule has 0 spiro atoms. The fourth-order valence-corrected chi connectivity index (χ4v) is 2.38. The second kappa shape index (κ2) is 7.16. The number of ketones is 1. The zero-order valence-corrected chi connectivity index (χ0v) is 12.0. The largest absolute Gasteiger partial charge is 0.465 e. The highest BCUT2D eigenvalue weighted by atomic mass is 16.4. The van der Waals surface area contributed by atoms with Gasteiger partial charge in [-0.05, 0) is 38.7 Å². The SMILES string of the molecule is CCN(C=CC(=O)C1CCC(C)CN1C(=O)O)CC. The lowest BCUT2D eigenvalue weighted by molar-refractivity contribution is -0.120. The molecular formula is C14H24N2O3. The van der Waals surface area contributed by atoms with Crippen molar-refractivity contribution in [2.24, 2.45) is 5.92 Å². The summed E-state index contributed by atoms with van der Waals surface area (Å²) in [5.74, 6) is 0.216. The Labute approximate surface area is 114 Å². The van der Waals surface area contributed by atoms with E-state index < -0.39 is 12.1 Å². The summed E-state index contributed by atoms with van der Waals surface area (Å²) in [6.07, 6.45) is 3.80. The molecule has 0 aliphatic carbocycles. The highest BCUT2D eigenvalue weighted by Crippen LogP contribution is 2.22. The third-order valence-corrected chi connectivity index (χ3v) is 3.65. The average molecular weight is 268 g/mol. The highest BCUT2D eigenvalue weighted by Gasteiger charge is 2.33. The number of hydrogen-bond acceptors (Lipinski definition) is 3. The molecule has 0 saturated carbocycles. The number of piperidine rings is 1. The molecule has 1 aliphatic heterocycles. The first kappa shape index (κ1) is 15.5. The van der Waals surface area contributed by atoms with Gasteiger partial charge in [0.25, 0.3) is 0 Å². The fourth-order valence-electron chi connectivity index (χ4n) is 2.38. The van der Waals surface area contributed by atoms with Crippen LogP contribution in [0.2, 0.25) is 0 Å². The molecular weight excluding hydrogens is 244 g/mol. The van der Waals surface area contributed by atoms with Gasteiger partial charge in [0.15, 0.2) is 5.78 Å². The Bertz CT molecular complexity index is 351. The van der Waals surface area contributed by atoms with Gasteiger partial charge in [-0.3, -0.25) is 9.69 Å². The average Bonchev–Trinajstić information content (AvgIpc) is 2.39. The van der Waals surface area contributed by atoms with E-state index in [-0.39, 0.29) is 5.78 Å². The summed E-state index contributed by atoms with van der Waals surface area (Å²) in [4.78, 5) is 26.6. The van der Waals surface area contributed by atoms with Gasteiger partial charge in [-0.25, -0.2) is 4.79 Å². The van der Waals surface area contributed by atoms with Crippen molar-refractivity contribution >= 4 is 11.9 Å². The molecule has 0 bridgehead atoms. The van der Waals surface area contributed by atoms with Crippen LogP contribution in [0, 0.1) is 5.92 Å². The Morgan fingerprint density at radius 2 is 1.95 bits per heavy atom. The fraction of sp³-hybridized carbons (Fsp3) is 0.714. The summed E-state index contributed by atoms with van der Waals surface area (Å²) < 4.78 is 0. The van der Waals surface area contributed by atoms with Gasteiger partial charge in [0.2, 0.25) is 0 Å². The van der Waals surface area contributed by atoms with E-state index in [1.54, 1.807) is 6.20 Å². The van der Waals surface area contributed by atoms with Crippen LogP contribution in [0.3, 0.4) is 0 Å². The van der Waals surface area contributed by atoms with Crippen LogP contribution < -0.4 is 0 Å². The third-order valence-electron chi connectivity index (χ3n) is 3.65. The number of hydrogen-bond donors (Lipinski definition) is 1. The van der Waals surface area contributed by atoms with E-state index in [9.17, 15) is 14.7 Å². The van der Waals surface area contributed by atoms with Gasteiger partial charge in [0.1, 0.15) is 0 Å². The van der Waals surface area contributed by atoms with Crippen LogP contribution in [0.5, 0.6) is 0 Å². The second-order valence-corrected chi connectivity index (χ2v) is 5.07. The minimum Gasteiger partial charge on any atom is -0.465 e. The second-order valence-electron chi connectivity index (χ2n) is 5.07. The van der Waals surface area contributed by atoms with Crippen molar-refractivity contribution in [3.8, 4) is 0 Å². The van der Waals surface area contributed by atoms with Crippen LogP contribution in [-0.4, -0.2) is 52.5 Å². The lowest BCUT2D eigenvalue weighted by atomic mass is 9.92. The van der Waals surface area contributed by atoms with Gasteiger partial charge in [0.05, 0.1) is 6.04 Å². The van der Waals surface area contributed by atoms with Crippen molar-refractivity contribution in [3.63, 3.8) is 0 Å². The molecule has 1 amide bonds. The molecule has 19 heavy (non-hydrogen) atoms. The Balaban J connectivity index is 2.71. The molecule has 1 rings (SSSR count). The molecule has 0 aromatic carbocycles. The molecule has 1 aliphatic rings. The van der Waals surface area contributed by atoms with Gasteiger partial charge in [-0.1, -0.05) is 6.92 Å². The number of likely N-dealkylation sites (tertiary alicyclic amines) is 1. The van der Waals surface area contributed by atoms with Crippen molar-refractivity contribution in [2.75, 3.05) is 19.6 Å². The van der Waals surface area contributed by atoms with Crippen LogP contribution in [0.15, 0.2) is 12.3 Å². The van der Waals surface area contributed by atoms with E-state index in [1.807, 2.05) is 25.7 Å². The minimum atomic E-state index is -0.999. The van der Waals surface area contributed by atoms with Crippen LogP contribution in [0.25, 0.3) is 0 Å². The molecule has 0 aromatic rings. The first-order valence-corrected chi connectivity index (χ1v) is 6.95. The number of nitrogens with zero attached hydrogens (tertiary/aromatic N) is 2. The highest BCUT2D eigenvalue weighted by molar-refractivity contribution is 5.96. The number of rotatable bonds is 5. The molecule has 5 nitrogen and oxygen atoms in total. The molecule has 108 valence electrons. The molecule has 1 heterocycles. The van der Waals surface area contributed by atoms with Crippen molar-refractivity contribution in [2.45, 2.75) is 39.7 Å². The van der Waals surface area contributed by atoms with Gasteiger partial charge in [0, 0.05) is 25.8 Å². The Morgan fingerprint density at radius 3 is 2.47 bits per heavy atom. The van der Waals surface area contributed by atoms with Crippen LogP contribution in [0.4, 0.5) is 4.79 Å². The minimum absolute atomic E-state index is 0.110. The van der Waals surface area contributed by atoms with Crippen molar-refractivity contribution in [1.82, 2.24) is 9.80 Å². The predicted molar refractivity (Wildman–Crippen MR) is 74.0 cm³/mol. The van der Waals surface area contributed by atoms with E-state index in [0.29, 0.717) is 18.9 Å². The third kappa shape index (κ3) is 4.26. The first-order valence-electron chi connectivity index (χ1n) is 6.95. The van der Waals surface area contributed by atoms with Crippen LogP contribution in [0.1, 0.15) is 33.6 Å². The number of amides is 1. The zero-order valence-electron chi connectivity index (χ0n) is 12.0. The molecule has 2 atom stereocenters. The van der Waals surface area contributed by atoms with Crippen LogP contribution in [-0.2, 0) is 4.79 Å². The number of carbonyl (C=O) groups is 2. The summed E-state index contributed by atoms with van der Waals surface area (Å²) in [7, 11) is 0. The van der Waals surface area contributed by atoms with Crippen molar-refractivity contribution < 1.29 is 14.7 Å². The summed E-state index contributed by atoms with van der Waals surface area (Å²) in [6, 6.07) is -0.513. The van der Waals surface area contributed by atoms with Crippen LogP contribution >= 0.6 is 0 Å². The van der Waals surface area contributed by atoms with E-state index >= 15 is 0 Å². The number of carboxylic acid groups (broad SMARTS) is 1. The Kier molecular flexibility index (Phi) is 5.86. The predicted octanol–water partition coefficient (Wildman–Crippen LogP) is 2.19. The maximum absolute atomic E-state index is 12.1. The van der Waals surface area contributed by atoms with Crippen molar-refractivity contribution in [1.29, 1.82) is 0 Å². The molecule has 1 saturated heterocycles. The van der Waals surface area contributed by atoms with E-state index in [4.69, 9.17) is 0 Å². The Hall–Kier alpha value is -1.52. The maximum Gasteiger partial charge on any atom is 0.407 e. The van der Waals surface area contributed by atoms with Gasteiger partial charge in [-0.2, -0.15) is 0 Å². The van der Waals surface area contributed by atoms with E-state index in [1.165, 1.54) is 11.0 Å². The Morgan fingerprint density at radius 1 is 1.32 bits per heavy atom. The summed E-state index contributed by atoms with van der Waals surface area (Å²) in [5.41, 5.74) is 0. The monoisotopic (exact) mass is 268 g/mol. The smallest absolute Gasteiger partial charge is 0.407 e.